The number of alkyl halides is 3. The molecule has 0 radical (unpaired) electrons. The number of aromatic nitrogens is 2. The van der Waals surface area contributed by atoms with E-state index in [4.69, 9.17) is 4.74 Å². The molecule has 0 aliphatic carbocycles. The summed E-state index contributed by atoms with van der Waals surface area (Å²) in [6.07, 6.45) is -1.43. The molecule has 0 unspecified atom stereocenters. The highest BCUT2D eigenvalue weighted by Gasteiger charge is 2.31. The molecule has 1 fully saturated rings. The van der Waals surface area contributed by atoms with Crippen LogP contribution in [-0.4, -0.2) is 60.4 Å². The Kier molecular flexibility index (Phi) is 7.06. The highest BCUT2D eigenvalue weighted by Crippen LogP contribution is 2.24. The van der Waals surface area contributed by atoms with E-state index in [0.717, 1.165) is 0 Å². The standard InChI is InChI=1S/C25H21F3N4O3/c1-34-22-9-8-20(23(33)31-12-14-32(15-13-31)24-29-10-3-11-30-24)17-19(22)7-6-18-4-2-5-21(16-18)35-25(26,27)28/h2-5,8-11,16-17H,12-15H2,1H3. The Morgan fingerprint density at radius 3 is 2.40 bits per heavy atom. The van der Waals surface area contributed by atoms with Crippen LogP contribution in [0.1, 0.15) is 21.5 Å². The van der Waals surface area contributed by atoms with Crippen LogP contribution in [0.4, 0.5) is 19.1 Å². The van der Waals surface area contributed by atoms with Crippen LogP contribution in [0.5, 0.6) is 11.5 Å². The Balaban J connectivity index is 1.49. The third-order valence-corrected chi connectivity index (χ3v) is 5.26. The van der Waals surface area contributed by atoms with Crippen LogP contribution in [0.2, 0.25) is 0 Å². The lowest BCUT2D eigenvalue weighted by Crippen LogP contribution is -2.49. The summed E-state index contributed by atoms with van der Waals surface area (Å²) in [6, 6.07) is 12.1. The smallest absolute Gasteiger partial charge is 0.495 e. The number of carbonyl (C=O) groups excluding carboxylic acids is 1. The Morgan fingerprint density at radius 1 is 0.971 bits per heavy atom. The monoisotopic (exact) mass is 482 g/mol. The van der Waals surface area contributed by atoms with E-state index in [1.165, 1.54) is 25.3 Å². The number of hydrogen-bond acceptors (Lipinski definition) is 6. The van der Waals surface area contributed by atoms with Crippen LogP contribution in [0.15, 0.2) is 60.9 Å². The van der Waals surface area contributed by atoms with Crippen molar-refractivity contribution in [3.8, 4) is 23.3 Å². The molecule has 0 spiro atoms. The van der Waals surface area contributed by atoms with Gasteiger partial charge in [-0.25, -0.2) is 9.97 Å². The first kappa shape index (κ1) is 23.9. The molecular weight excluding hydrogens is 461 g/mol. The zero-order chi connectivity index (χ0) is 24.8. The van der Waals surface area contributed by atoms with E-state index in [1.54, 1.807) is 47.6 Å². The van der Waals surface area contributed by atoms with Gasteiger partial charge in [0.1, 0.15) is 11.5 Å². The number of hydrogen-bond donors (Lipinski definition) is 0. The predicted octanol–water partition coefficient (Wildman–Crippen LogP) is 3.75. The van der Waals surface area contributed by atoms with E-state index in [0.29, 0.717) is 54.6 Å². The number of carbonyl (C=O) groups is 1. The van der Waals surface area contributed by atoms with Gasteiger partial charge in [0.15, 0.2) is 0 Å². The van der Waals surface area contributed by atoms with E-state index in [2.05, 4.69) is 26.5 Å². The molecule has 35 heavy (non-hydrogen) atoms. The summed E-state index contributed by atoms with van der Waals surface area (Å²) in [5.41, 5.74) is 1.20. The van der Waals surface area contributed by atoms with E-state index in [-0.39, 0.29) is 11.7 Å². The normalized spacial score (nSPS) is 13.6. The van der Waals surface area contributed by atoms with Gasteiger partial charge in [0.05, 0.1) is 12.7 Å². The zero-order valence-electron chi connectivity index (χ0n) is 18.7. The molecule has 1 amide bonds. The van der Waals surface area contributed by atoms with Crippen LogP contribution in [0.3, 0.4) is 0 Å². The van der Waals surface area contributed by atoms with Crippen LogP contribution < -0.4 is 14.4 Å². The van der Waals surface area contributed by atoms with Crippen LogP contribution in [-0.2, 0) is 0 Å². The lowest BCUT2D eigenvalue weighted by atomic mass is 10.1. The number of benzene rings is 2. The number of halogens is 3. The second kappa shape index (κ2) is 10.3. The largest absolute Gasteiger partial charge is 0.573 e. The summed E-state index contributed by atoms with van der Waals surface area (Å²) in [7, 11) is 1.48. The van der Waals surface area contributed by atoms with Crippen LogP contribution in [0, 0.1) is 11.8 Å². The minimum atomic E-state index is -4.79. The highest BCUT2D eigenvalue weighted by molar-refractivity contribution is 5.95. The van der Waals surface area contributed by atoms with E-state index < -0.39 is 6.36 Å². The van der Waals surface area contributed by atoms with Crippen molar-refractivity contribution in [2.75, 3.05) is 38.2 Å². The molecule has 1 saturated heterocycles. The molecule has 0 N–H and O–H groups in total. The Hall–Kier alpha value is -4.26. The Morgan fingerprint density at radius 2 is 1.71 bits per heavy atom. The molecule has 10 heteroatoms. The average Bonchev–Trinajstić information content (AvgIpc) is 2.87. The molecule has 0 bridgehead atoms. The second-order valence-electron chi connectivity index (χ2n) is 7.57. The summed E-state index contributed by atoms with van der Waals surface area (Å²) in [5.74, 6) is 6.27. The first-order valence-corrected chi connectivity index (χ1v) is 10.7. The van der Waals surface area contributed by atoms with Crippen LogP contribution in [0.25, 0.3) is 0 Å². The number of ether oxygens (including phenoxy) is 2. The van der Waals surface area contributed by atoms with Crippen molar-refractivity contribution in [3.05, 3.63) is 77.6 Å². The first-order valence-electron chi connectivity index (χ1n) is 10.7. The topological polar surface area (TPSA) is 67.8 Å². The molecule has 0 atom stereocenters. The van der Waals surface area contributed by atoms with E-state index in [1.807, 2.05) is 4.90 Å². The van der Waals surface area contributed by atoms with E-state index >= 15 is 0 Å². The quantitative estimate of drug-likeness (QED) is 0.528. The minimum Gasteiger partial charge on any atom is -0.495 e. The molecule has 180 valence electrons. The molecule has 1 aliphatic rings. The summed E-state index contributed by atoms with van der Waals surface area (Å²) in [6.45, 7) is 2.23. The fourth-order valence-corrected chi connectivity index (χ4v) is 3.60. The maximum atomic E-state index is 13.1. The number of anilines is 1. The van der Waals surface area contributed by atoms with Gasteiger partial charge in [0.2, 0.25) is 5.95 Å². The number of amides is 1. The Bertz CT molecular complexity index is 1250. The van der Waals surface area contributed by atoms with Crippen molar-refractivity contribution in [1.29, 1.82) is 0 Å². The van der Waals surface area contributed by atoms with Crippen molar-refractivity contribution < 1.29 is 27.4 Å². The van der Waals surface area contributed by atoms with Crippen molar-refractivity contribution in [1.82, 2.24) is 14.9 Å². The lowest BCUT2D eigenvalue weighted by Gasteiger charge is -2.34. The fourth-order valence-electron chi connectivity index (χ4n) is 3.60. The number of rotatable bonds is 4. The zero-order valence-corrected chi connectivity index (χ0v) is 18.7. The van der Waals surface area contributed by atoms with Gasteiger partial charge in [0, 0.05) is 49.7 Å². The lowest BCUT2D eigenvalue weighted by molar-refractivity contribution is -0.274. The van der Waals surface area contributed by atoms with E-state index in [9.17, 15) is 18.0 Å². The second-order valence-corrected chi connectivity index (χ2v) is 7.57. The maximum absolute atomic E-state index is 13.1. The number of nitrogens with zero attached hydrogens (tertiary/aromatic N) is 4. The summed E-state index contributed by atoms with van der Waals surface area (Å²) in [5, 5.41) is 0. The van der Waals surface area contributed by atoms with Crippen molar-refractivity contribution in [3.63, 3.8) is 0 Å². The van der Waals surface area contributed by atoms with Crippen molar-refractivity contribution in [2.45, 2.75) is 6.36 Å². The summed E-state index contributed by atoms with van der Waals surface area (Å²) >= 11 is 0. The Labute approximate surface area is 200 Å². The van der Waals surface area contributed by atoms with Gasteiger partial charge in [-0.2, -0.15) is 0 Å². The van der Waals surface area contributed by atoms with Crippen LogP contribution >= 0.6 is 0 Å². The number of piperazine rings is 1. The average molecular weight is 482 g/mol. The SMILES string of the molecule is COc1ccc(C(=O)N2CCN(c3ncccn3)CC2)cc1C#Cc1cccc(OC(F)(F)F)c1. The molecule has 4 rings (SSSR count). The van der Waals surface area contributed by atoms with Gasteiger partial charge in [-0.15, -0.1) is 13.2 Å². The summed E-state index contributed by atoms with van der Waals surface area (Å²) in [4.78, 5) is 25.4. The molecule has 1 aromatic heterocycles. The third kappa shape index (κ3) is 6.20. The third-order valence-electron chi connectivity index (χ3n) is 5.26. The van der Waals surface area contributed by atoms with Gasteiger partial charge in [-0.1, -0.05) is 17.9 Å². The van der Waals surface area contributed by atoms with Gasteiger partial charge >= 0.3 is 6.36 Å². The molecule has 3 aromatic rings. The first-order chi connectivity index (χ1) is 16.8. The van der Waals surface area contributed by atoms with Gasteiger partial charge < -0.3 is 19.3 Å². The van der Waals surface area contributed by atoms with Gasteiger partial charge in [-0.05, 0) is 42.5 Å². The molecule has 2 aromatic carbocycles. The molecular formula is C25H21F3N4O3. The highest BCUT2D eigenvalue weighted by atomic mass is 19.4. The molecule has 1 aliphatic heterocycles. The van der Waals surface area contributed by atoms with Crippen molar-refractivity contribution in [2.24, 2.45) is 0 Å². The molecule has 7 nitrogen and oxygen atoms in total. The summed E-state index contributed by atoms with van der Waals surface area (Å²) < 4.78 is 46.7. The van der Waals surface area contributed by atoms with Gasteiger partial charge in [-0.3, -0.25) is 4.79 Å². The van der Waals surface area contributed by atoms with Gasteiger partial charge in [0.25, 0.3) is 5.91 Å². The maximum Gasteiger partial charge on any atom is 0.573 e. The fraction of sp³-hybridized carbons (Fsp3) is 0.240. The predicted molar refractivity (Wildman–Crippen MR) is 122 cm³/mol. The number of methoxy groups -OCH3 is 1. The molecule has 0 saturated carbocycles. The van der Waals surface area contributed by atoms with Crippen molar-refractivity contribution >= 4 is 11.9 Å². The minimum absolute atomic E-state index is 0.148. The molecule has 2 heterocycles.